The lowest BCUT2D eigenvalue weighted by atomic mass is 9.77. The zero-order valence-electron chi connectivity index (χ0n) is 47.4. The van der Waals surface area contributed by atoms with Crippen molar-refractivity contribution in [3.05, 3.63) is 33.9 Å². The summed E-state index contributed by atoms with van der Waals surface area (Å²) in [7, 11) is 8.78. The van der Waals surface area contributed by atoms with Gasteiger partial charge in [0.15, 0.2) is 12.6 Å². The number of aromatic hydroxyl groups is 1. The summed E-state index contributed by atoms with van der Waals surface area (Å²) >= 11 is 0. The van der Waals surface area contributed by atoms with Crippen molar-refractivity contribution in [1.82, 2.24) is 9.80 Å². The van der Waals surface area contributed by atoms with Crippen molar-refractivity contribution in [2.24, 2.45) is 23.7 Å². The molecule has 0 aliphatic carbocycles. The number of phenolic OH excluding ortho intramolecular Hbond substituents is 1. The number of allylic oxidation sites excluding steroid dienone is 2. The molecule has 3 saturated heterocycles. The number of phenols is 1. The van der Waals surface area contributed by atoms with E-state index in [0.29, 0.717) is 36.3 Å². The molecule has 74 heavy (non-hydrogen) atoms. The first kappa shape index (κ1) is 61.6. The molecule has 0 aromatic heterocycles. The third kappa shape index (κ3) is 13.5. The van der Waals surface area contributed by atoms with E-state index in [0.717, 1.165) is 11.1 Å². The van der Waals surface area contributed by atoms with Gasteiger partial charge >= 0.3 is 11.9 Å². The highest BCUT2D eigenvalue weighted by Gasteiger charge is 2.53. The molecule has 5 rings (SSSR count). The van der Waals surface area contributed by atoms with Crippen LogP contribution in [0.25, 0.3) is 0 Å². The van der Waals surface area contributed by atoms with Gasteiger partial charge in [0.2, 0.25) is 0 Å². The molecule has 4 aliphatic rings. The van der Waals surface area contributed by atoms with E-state index < -0.39 is 102 Å². The highest BCUT2D eigenvalue weighted by Crippen LogP contribution is 2.44. The van der Waals surface area contributed by atoms with Crippen LogP contribution in [-0.2, 0) is 55.8 Å². The molecule has 1 unspecified atom stereocenters. The SMILES string of the molecule is CC[C@H]1OC(=O)[C@H](C)[C@@H](O[C@H]2C[C@@](C)(OC)[C@@H](O)[C@H](C)O2)[C@H](C)[C@@H](O[C@@H]2O[C@H](C)CC(N(C)C)[C@H]2CC(=O)CCC(C)=CCc2c(O)c3c(c(C)c2OC)COC3=O)[C@](C)(O)C[C@@H](C)CN(C)[C@H](C)[C@@H](O)[C@]1(C)O. The molecule has 0 bridgehead atoms. The lowest BCUT2D eigenvalue weighted by Gasteiger charge is -2.49. The quantitative estimate of drug-likeness (QED) is 0.104. The molecule has 422 valence electrons. The van der Waals surface area contributed by atoms with Gasteiger partial charge in [-0.25, -0.2) is 4.79 Å². The fraction of sp³-hybridized carbons (Fsp3) is 0.804. The third-order valence-corrected chi connectivity index (χ3v) is 16.9. The highest BCUT2D eigenvalue weighted by molar-refractivity contribution is 5.98. The summed E-state index contributed by atoms with van der Waals surface area (Å²) < 4.78 is 50.0. The van der Waals surface area contributed by atoms with Gasteiger partial charge < -0.3 is 73.2 Å². The van der Waals surface area contributed by atoms with E-state index in [2.05, 4.69) is 4.90 Å². The summed E-state index contributed by atoms with van der Waals surface area (Å²) in [5, 5.41) is 59.0. The molecule has 3 fully saturated rings. The zero-order valence-corrected chi connectivity index (χ0v) is 47.4. The number of aliphatic hydroxyl groups is 4. The number of benzene rings is 1. The number of hydrogen-bond acceptors (Lipinski definition) is 18. The second-order valence-corrected chi connectivity index (χ2v) is 23.3. The van der Waals surface area contributed by atoms with Crippen molar-refractivity contribution in [2.75, 3.05) is 41.9 Å². The summed E-state index contributed by atoms with van der Waals surface area (Å²) in [6.07, 6.45) is -4.67. The third-order valence-electron chi connectivity index (χ3n) is 16.9. The maximum absolute atomic E-state index is 14.6. The van der Waals surface area contributed by atoms with Crippen molar-refractivity contribution in [1.29, 1.82) is 0 Å². The highest BCUT2D eigenvalue weighted by atomic mass is 16.7. The van der Waals surface area contributed by atoms with E-state index >= 15 is 0 Å². The van der Waals surface area contributed by atoms with Crippen molar-refractivity contribution in [3.63, 3.8) is 0 Å². The number of ketones is 1. The summed E-state index contributed by atoms with van der Waals surface area (Å²) in [5.41, 5.74) is -1.70. The van der Waals surface area contributed by atoms with Gasteiger partial charge in [0.25, 0.3) is 0 Å². The molecular weight excluding hydrogens is 957 g/mol. The number of fused-ring (bicyclic) bond motifs is 1. The molecular formula is C56H92N2O16. The number of carbonyl (C=O) groups excluding carboxylic acids is 3. The van der Waals surface area contributed by atoms with E-state index in [1.807, 2.05) is 66.7 Å². The minimum atomic E-state index is -1.85. The van der Waals surface area contributed by atoms with Gasteiger partial charge in [-0.15, -0.1) is 0 Å². The summed E-state index contributed by atoms with van der Waals surface area (Å²) in [5.74, 6) is -3.59. The molecule has 0 spiro atoms. The number of cyclic esters (lactones) is 2. The van der Waals surface area contributed by atoms with E-state index in [9.17, 15) is 39.9 Å². The van der Waals surface area contributed by atoms with E-state index in [4.69, 9.17) is 37.9 Å². The van der Waals surface area contributed by atoms with Gasteiger partial charge in [-0.05, 0) is 127 Å². The molecule has 18 heteroatoms. The van der Waals surface area contributed by atoms with Gasteiger partial charge in [0.05, 0.1) is 48.6 Å². The number of aliphatic hydroxyl groups excluding tert-OH is 2. The summed E-state index contributed by atoms with van der Waals surface area (Å²) in [6, 6.07) is -0.760. The topological polar surface area (TPSA) is 233 Å². The first-order valence-electron chi connectivity index (χ1n) is 26.7. The smallest absolute Gasteiger partial charge is 0.342 e. The van der Waals surface area contributed by atoms with Crippen LogP contribution in [0.15, 0.2) is 11.6 Å². The molecule has 4 aliphatic heterocycles. The average molecular weight is 1050 g/mol. The van der Waals surface area contributed by atoms with Crippen molar-refractivity contribution < 1.29 is 77.8 Å². The number of Topliss-reactive ketones (excluding diaryl/α,β-unsaturated/α-hetero) is 1. The van der Waals surface area contributed by atoms with Crippen LogP contribution in [0.1, 0.15) is 148 Å². The van der Waals surface area contributed by atoms with Crippen molar-refractivity contribution >= 4 is 17.7 Å². The Labute approximate surface area is 440 Å². The van der Waals surface area contributed by atoms with Crippen LogP contribution in [0, 0.1) is 30.6 Å². The Morgan fingerprint density at radius 1 is 0.959 bits per heavy atom. The zero-order chi connectivity index (χ0) is 55.5. The van der Waals surface area contributed by atoms with Gasteiger partial charge in [-0.1, -0.05) is 32.4 Å². The molecule has 1 aromatic carbocycles. The summed E-state index contributed by atoms with van der Waals surface area (Å²) in [4.78, 5) is 45.4. The number of nitrogens with zero attached hydrogens (tertiary/aromatic N) is 2. The molecule has 18 nitrogen and oxygen atoms in total. The standard InChI is InChI=1S/C56H92N2O16/c1-18-42-56(12,66)48(61)35(8)58(15)27-30(3)25-54(10,65)50(33(6)46(34(7)51(63)72-42)73-43-26-55(11,68-17)49(62)36(9)71-43)74-53-39(41(57(13)14)23-31(4)70-53)24-37(59)21-19-29(2)20-22-38-45(60)44-40(28-69-52(44)64)32(5)47(38)67-16/h20,30-31,33-36,39,41-43,46,48-50,53,60-62,65-66H,18-19,21-28H2,1-17H3/t30-,31-,33+,34-,35-,36+,39-,41?,42-,43+,46+,48-,49+,50-,53+,54-,55-,56-/m1/s1. The molecule has 4 heterocycles. The Bertz CT molecular complexity index is 2130. The van der Waals surface area contributed by atoms with Crippen LogP contribution in [0.5, 0.6) is 11.5 Å². The minimum Gasteiger partial charge on any atom is -0.507 e. The molecule has 0 radical (unpaired) electrons. The molecule has 1 aromatic rings. The lowest BCUT2D eigenvalue weighted by molar-refractivity contribution is -0.313. The van der Waals surface area contributed by atoms with Crippen molar-refractivity contribution in [3.8, 4) is 11.5 Å². The van der Waals surface area contributed by atoms with Crippen LogP contribution < -0.4 is 4.74 Å². The van der Waals surface area contributed by atoms with Crippen LogP contribution in [-0.4, -0.2) is 179 Å². The van der Waals surface area contributed by atoms with Crippen LogP contribution in [0.3, 0.4) is 0 Å². The molecule has 5 N–H and O–H groups in total. The first-order valence-corrected chi connectivity index (χ1v) is 26.7. The Kier molecular flexibility index (Phi) is 20.8. The normalized spacial score (nSPS) is 39.2. The van der Waals surface area contributed by atoms with E-state index in [1.165, 1.54) is 21.1 Å². The fourth-order valence-corrected chi connectivity index (χ4v) is 12.2. The lowest BCUT2D eigenvalue weighted by Crippen LogP contribution is -2.60. The van der Waals surface area contributed by atoms with Crippen LogP contribution in [0.4, 0.5) is 0 Å². The number of esters is 2. The number of likely N-dealkylation sites (N-methyl/N-ethyl adjacent to an activating group) is 1. The number of hydrogen-bond donors (Lipinski definition) is 5. The summed E-state index contributed by atoms with van der Waals surface area (Å²) in [6.45, 7) is 21.9. The monoisotopic (exact) mass is 1050 g/mol. The fourth-order valence-electron chi connectivity index (χ4n) is 12.2. The predicted octanol–water partition coefficient (Wildman–Crippen LogP) is 5.78. The van der Waals surface area contributed by atoms with Gasteiger partial charge in [-0.2, -0.15) is 0 Å². The van der Waals surface area contributed by atoms with Gasteiger partial charge in [0, 0.05) is 68.0 Å². The second-order valence-electron chi connectivity index (χ2n) is 23.3. The van der Waals surface area contributed by atoms with E-state index in [1.54, 1.807) is 41.5 Å². The predicted molar refractivity (Wildman–Crippen MR) is 276 cm³/mol. The maximum atomic E-state index is 14.6. The Balaban J connectivity index is 1.51. The Morgan fingerprint density at radius 3 is 2.23 bits per heavy atom. The van der Waals surface area contributed by atoms with Crippen molar-refractivity contribution in [2.45, 2.75) is 225 Å². The first-order chi connectivity index (χ1) is 34.4. The second kappa shape index (κ2) is 25.0. The Hall–Kier alpha value is -3.27. The van der Waals surface area contributed by atoms with Crippen LogP contribution >= 0.6 is 0 Å². The Morgan fingerprint density at radius 2 is 1.62 bits per heavy atom. The van der Waals surface area contributed by atoms with Crippen LogP contribution in [0.2, 0.25) is 0 Å². The van der Waals surface area contributed by atoms with Gasteiger partial charge in [0.1, 0.15) is 53.4 Å². The molecule has 0 amide bonds. The van der Waals surface area contributed by atoms with E-state index in [-0.39, 0.29) is 80.3 Å². The number of ether oxygens (including phenoxy) is 8. The number of methoxy groups -OCH3 is 2. The number of carbonyl (C=O) groups is 3. The molecule has 0 saturated carbocycles. The maximum Gasteiger partial charge on any atom is 0.342 e. The molecule has 18 atom stereocenters. The minimum absolute atomic E-state index is 0.0290. The number of rotatable bonds is 15. The van der Waals surface area contributed by atoms with Gasteiger partial charge in [-0.3, -0.25) is 9.59 Å². The average Bonchev–Trinajstić information content (AvgIpc) is 3.73. The largest absolute Gasteiger partial charge is 0.507 e.